The number of rotatable bonds is 52. The predicted molar refractivity (Wildman–Crippen MR) is 285 cm³/mol. The molecule has 1 heterocycles. The molecular weight excluding hydrogens is 901 g/mol. The normalized spacial score (nSPS) is 18.4. The van der Waals surface area contributed by atoms with Gasteiger partial charge in [0.25, 0.3) is 0 Å². The minimum atomic E-state index is -1.89. The van der Waals surface area contributed by atoms with Gasteiger partial charge < -0.3 is 39.0 Å². The number of hydrogen-bond donors (Lipinski definition) is 3. The zero-order chi connectivity index (χ0) is 51.8. The van der Waals surface area contributed by atoms with Crippen molar-refractivity contribution in [1.82, 2.24) is 0 Å². The molecule has 0 spiro atoms. The largest absolute Gasteiger partial charge is 0.479 e. The number of carbonyl (C=O) groups excluding carboxylic acids is 3. The fraction of sp³-hybridized carbons (Fsp3) is 0.932. The summed E-state index contributed by atoms with van der Waals surface area (Å²) in [7, 11) is 0. The molecule has 12 nitrogen and oxygen atoms in total. The summed E-state index contributed by atoms with van der Waals surface area (Å²) in [6, 6.07) is 0. The van der Waals surface area contributed by atoms with Gasteiger partial charge in [0.2, 0.25) is 0 Å². The van der Waals surface area contributed by atoms with Crippen molar-refractivity contribution >= 4 is 23.9 Å². The molecule has 0 bridgehead atoms. The number of aliphatic carboxylic acids is 1. The molecule has 0 saturated carbocycles. The molecule has 12 heteroatoms. The Hall–Kier alpha value is -2.28. The molecular formula is C59H110O12. The summed E-state index contributed by atoms with van der Waals surface area (Å²) >= 11 is 0. The molecule has 1 rings (SSSR count). The Balaban J connectivity index is 2.66. The van der Waals surface area contributed by atoms with Gasteiger partial charge in [-0.2, -0.15) is 0 Å². The topological polar surface area (TPSA) is 175 Å². The van der Waals surface area contributed by atoms with Gasteiger partial charge in [-0.1, -0.05) is 265 Å². The lowest BCUT2D eigenvalue weighted by molar-refractivity contribution is -0.301. The Morgan fingerprint density at radius 2 is 0.718 bits per heavy atom. The summed E-state index contributed by atoms with van der Waals surface area (Å²) < 4.78 is 28.4. The van der Waals surface area contributed by atoms with Gasteiger partial charge in [0.1, 0.15) is 18.8 Å². The molecule has 1 saturated heterocycles. The summed E-state index contributed by atoms with van der Waals surface area (Å²) in [4.78, 5) is 51.0. The molecule has 0 aromatic rings. The van der Waals surface area contributed by atoms with Crippen LogP contribution in [0.3, 0.4) is 0 Å². The number of unbranched alkanes of at least 4 members (excludes halogenated alkanes) is 38. The number of carbonyl (C=O) groups is 4. The van der Waals surface area contributed by atoms with Crippen LogP contribution in [-0.2, 0) is 42.9 Å². The highest BCUT2D eigenvalue weighted by molar-refractivity contribution is 5.74. The Labute approximate surface area is 433 Å². The number of esters is 3. The Bertz CT molecular complexity index is 1250. The van der Waals surface area contributed by atoms with E-state index < -0.39 is 67.3 Å². The third-order valence-corrected chi connectivity index (χ3v) is 14.2. The van der Waals surface area contributed by atoms with Gasteiger partial charge >= 0.3 is 23.9 Å². The van der Waals surface area contributed by atoms with Crippen LogP contribution in [0.1, 0.15) is 303 Å². The number of ether oxygens (including phenoxy) is 5. The molecule has 0 amide bonds. The molecule has 418 valence electrons. The second-order valence-corrected chi connectivity index (χ2v) is 21.0. The van der Waals surface area contributed by atoms with E-state index in [4.69, 9.17) is 23.7 Å². The molecule has 1 aliphatic rings. The molecule has 0 aliphatic carbocycles. The van der Waals surface area contributed by atoms with Crippen LogP contribution in [0.15, 0.2) is 0 Å². The number of aliphatic hydroxyl groups is 2. The van der Waals surface area contributed by atoms with Gasteiger partial charge in [-0.15, -0.1) is 0 Å². The maximum absolute atomic E-state index is 13.1. The van der Waals surface area contributed by atoms with E-state index >= 15 is 0 Å². The van der Waals surface area contributed by atoms with Crippen molar-refractivity contribution in [1.29, 1.82) is 0 Å². The van der Waals surface area contributed by atoms with Crippen molar-refractivity contribution in [3.63, 3.8) is 0 Å². The molecule has 1 fully saturated rings. The summed E-state index contributed by atoms with van der Waals surface area (Å²) in [6.45, 7) is 6.02. The van der Waals surface area contributed by atoms with Gasteiger partial charge in [-0.25, -0.2) is 4.79 Å². The standard InChI is InChI=1S/C59H110O12/c1-4-7-10-13-16-19-22-24-26-28-31-33-36-39-42-45-51(60)67-48-50(69-52(61)46-43-40-37-35-32-29-27-25-23-20-17-14-11-8-5-2)49-68-59-57(55(64)54(63)56(71-59)58(65)66)70-53(62)47-44-41-38-34-30-21-18-15-12-9-6-3/h50,54-57,59,63-64H,4-49H2,1-3H3,(H,65,66). The van der Waals surface area contributed by atoms with Gasteiger partial charge in [-0.3, -0.25) is 14.4 Å². The minimum absolute atomic E-state index is 0.0697. The van der Waals surface area contributed by atoms with E-state index in [9.17, 15) is 34.5 Å². The molecule has 0 aromatic heterocycles. The number of hydrogen-bond acceptors (Lipinski definition) is 11. The molecule has 6 atom stereocenters. The van der Waals surface area contributed by atoms with Gasteiger partial charge in [-0.05, 0) is 19.3 Å². The summed E-state index contributed by atoms with van der Waals surface area (Å²) in [5, 5.41) is 31.4. The lowest BCUT2D eigenvalue weighted by Gasteiger charge is -2.40. The summed E-state index contributed by atoms with van der Waals surface area (Å²) in [5.74, 6) is -3.07. The van der Waals surface area contributed by atoms with E-state index in [-0.39, 0.29) is 25.9 Å². The Kier molecular flexibility index (Phi) is 45.7. The highest BCUT2D eigenvalue weighted by Crippen LogP contribution is 2.27. The highest BCUT2D eigenvalue weighted by atomic mass is 16.7. The second kappa shape index (κ2) is 48.6. The van der Waals surface area contributed by atoms with Crippen LogP contribution in [0.2, 0.25) is 0 Å². The number of carboxylic acids is 1. The maximum Gasteiger partial charge on any atom is 0.335 e. The summed E-state index contributed by atoms with van der Waals surface area (Å²) in [5.41, 5.74) is 0. The van der Waals surface area contributed by atoms with Crippen molar-refractivity contribution in [2.75, 3.05) is 13.2 Å². The number of carboxylic acid groups (broad SMARTS) is 1. The van der Waals surface area contributed by atoms with E-state index in [0.717, 1.165) is 57.8 Å². The first-order chi connectivity index (χ1) is 34.6. The van der Waals surface area contributed by atoms with Gasteiger partial charge in [0.05, 0.1) is 6.61 Å². The third-order valence-electron chi connectivity index (χ3n) is 14.2. The predicted octanol–water partition coefficient (Wildman–Crippen LogP) is 15.1. The SMILES string of the molecule is CCCCCCCCCCCCCCCCCC(=O)OCC(COC1OC(C(=O)O)C(O)C(O)C1OC(=O)CCCCCCCCCCCCC)OC(=O)CCCCCCCCCCCCCCCCC. The van der Waals surface area contributed by atoms with Crippen molar-refractivity contribution in [2.45, 2.75) is 340 Å². The fourth-order valence-corrected chi connectivity index (χ4v) is 9.55. The molecule has 71 heavy (non-hydrogen) atoms. The first-order valence-electron chi connectivity index (χ1n) is 30.0. The van der Waals surface area contributed by atoms with Gasteiger partial charge in [0.15, 0.2) is 24.6 Å². The Morgan fingerprint density at radius 3 is 1.06 bits per heavy atom. The van der Waals surface area contributed by atoms with Crippen LogP contribution in [0.4, 0.5) is 0 Å². The minimum Gasteiger partial charge on any atom is -0.479 e. The molecule has 0 radical (unpaired) electrons. The van der Waals surface area contributed by atoms with Crippen LogP contribution in [0, 0.1) is 0 Å². The van der Waals surface area contributed by atoms with E-state index in [1.807, 2.05) is 0 Å². The first-order valence-corrected chi connectivity index (χ1v) is 30.0. The van der Waals surface area contributed by atoms with Crippen molar-refractivity contribution in [3.8, 4) is 0 Å². The second-order valence-electron chi connectivity index (χ2n) is 21.0. The quantitative estimate of drug-likeness (QED) is 0.0299. The van der Waals surface area contributed by atoms with Crippen LogP contribution in [0.25, 0.3) is 0 Å². The smallest absolute Gasteiger partial charge is 0.335 e. The Morgan fingerprint density at radius 1 is 0.408 bits per heavy atom. The van der Waals surface area contributed by atoms with E-state index in [2.05, 4.69) is 20.8 Å². The number of aliphatic hydroxyl groups excluding tert-OH is 2. The molecule has 0 aromatic carbocycles. The van der Waals surface area contributed by atoms with Crippen LogP contribution in [-0.4, -0.2) is 89.2 Å². The fourth-order valence-electron chi connectivity index (χ4n) is 9.55. The maximum atomic E-state index is 13.1. The lowest BCUT2D eigenvalue weighted by atomic mass is 9.98. The zero-order valence-corrected chi connectivity index (χ0v) is 46.0. The van der Waals surface area contributed by atoms with Crippen molar-refractivity contribution in [3.05, 3.63) is 0 Å². The third kappa shape index (κ3) is 38.9. The lowest BCUT2D eigenvalue weighted by Crippen LogP contribution is -2.61. The molecule has 6 unspecified atom stereocenters. The monoisotopic (exact) mass is 1010 g/mol. The average Bonchev–Trinajstić information content (AvgIpc) is 3.35. The van der Waals surface area contributed by atoms with E-state index in [1.54, 1.807) is 0 Å². The van der Waals surface area contributed by atoms with Crippen LogP contribution < -0.4 is 0 Å². The molecule has 1 aliphatic heterocycles. The zero-order valence-electron chi connectivity index (χ0n) is 46.0. The van der Waals surface area contributed by atoms with Crippen LogP contribution in [0.5, 0.6) is 0 Å². The van der Waals surface area contributed by atoms with E-state index in [0.29, 0.717) is 19.3 Å². The average molecular weight is 1010 g/mol. The van der Waals surface area contributed by atoms with E-state index in [1.165, 1.54) is 186 Å². The van der Waals surface area contributed by atoms with Crippen molar-refractivity contribution in [2.24, 2.45) is 0 Å². The highest BCUT2D eigenvalue weighted by Gasteiger charge is 2.50. The van der Waals surface area contributed by atoms with Crippen LogP contribution >= 0.6 is 0 Å². The first kappa shape index (κ1) is 66.7. The molecule has 3 N–H and O–H groups in total. The van der Waals surface area contributed by atoms with Gasteiger partial charge in [0, 0.05) is 19.3 Å². The summed E-state index contributed by atoms with van der Waals surface area (Å²) in [6.07, 6.45) is 39.3. The van der Waals surface area contributed by atoms with Crippen molar-refractivity contribution < 1.29 is 58.2 Å².